The SMILES string of the molecule is CC(C)[C@H](NC(=O)Cc1ccccc1)C(=O)OCC(=O)NCCc1cccc(Cl)c1. The number of amides is 2. The Labute approximate surface area is 182 Å². The van der Waals surface area contributed by atoms with Crippen LogP contribution in [0.4, 0.5) is 0 Å². The summed E-state index contributed by atoms with van der Waals surface area (Å²) >= 11 is 5.93. The van der Waals surface area contributed by atoms with E-state index in [2.05, 4.69) is 10.6 Å². The molecule has 0 unspecified atom stereocenters. The normalized spacial score (nSPS) is 11.6. The molecule has 0 radical (unpaired) electrons. The van der Waals surface area contributed by atoms with Gasteiger partial charge in [-0.25, -0.2) is 4.79 Å². The Kier molecular flexibility index (Phi) is 9.35. The molecule has 2 N–H and O–H groups in total. The fourth-order valence-corrected chi connectivity index (χ4v) is 3.03. The molecule has 2 aromatic rings. The molecule has 0 spiro atoms. The number of benzene rings is 2. The van der Waals surface area contributed by atoms with E-state index in [1.54, 1.807) is 19.9 Å². The van der Waals surface area contributed by atoms with Crippen LogP contribution < -0.4 is 10.6 Å². The molecule has 6 nitrogen and oxygen atoms in total. The largest absolute Gasteiger partial charge is 0.454 e. The van der Waals surface area contributed by atoms with Gasteiger partial charge in [-0.15, -0.1) is 0 Å². The molecule has 2 aromatic carbocycles. The standard InChI is InChI=1S/C23H27ClN2O4/c1-16(2)22(26-20(27)14-17-7-4-3-5-8-17)23(29)30-15-21(28)25-12-11-18-9-6-10-19(24)13-18/h3-10,13,16,22H,11-12,14-15H2,1-2H3,(H,25,28)(H,26,27)/t22-/m0/s1. The van der Waals surface area contributed by atoms with Crippen LogP contribution in [0.15, 0.2) is 54.6 Å². The van der Waals surface area contributed by atoms with Crippen LogP contribution in [0, 0.1) is 5.92 Å². The smallest absolute Gasteiger partial charge is 0.329 e. The summed E-state index contributed by atoms with van der Waals surface area (Å²) in [5, 5.41) is 6.04. The molecule has 0 aliphatic rings. The van der Waals surface area contributed by atoms with Gasteiger partial charge in [-0.2, -0.15) is 0 Å². The molecule has 0 fully saturated rings. The fourth-order valence-electron chi connectivity index (χ4n) is 2.82. The molecule has 0 bridgehead atoms. The number of carbonyl (C=O) groups excluding carboxylic acids is 3. The molecule has 2 rings (SSSR count). The van der Waals surface area contributed by atoms with Gasteiger partial charge in [0.2, 0.25) is 5.91 Å². The molecule has 160 valence electrons. The van der Waals surface area contributed by atoms with Crippen molar-refractivity contribution < 1.29 is 19.1 Å². The third-order valence-corrected chi connectivity index (χ3v) is 4.65. The summed E-state index contributed by atoms with van der Waals surface area (Å²) in [4.78, 5) is 36.6. The molecule has 2 amide bonds. The molecule has 0 aliphatic carbocycles. The minimum Gasteiger partial charge on any atom is -0.454 e. The number of hydrogen-bond donors (Lipinski definition) is 2. The zero-order valence-corrected chi connectivity index (χ0v) is 17.9. The third-order valence-electron chi connectivity index (χ3n) is 4.41. The van der Waals surface area contributed by atoms with Crippen molar-refractivity contribution in [1.29, 1.82) is 0 Å². The molecule has 0 aromatic heterocycles. The average molecular weight is 431 g/mol. The lowest BCUT2D eigenvalue weighted by Gasteiger charge is -2.20. The summed E-state index contributed by atoms with van der Waals surface area (Å²) in [7, 11) is 0. The highest BCUT2D eigenvalue weighted by Gasteiger charge is 2.26. The predicted molar refractivity (Wildman–Crippen MR) is 116 cm³/mol. The maximum Gasteiger partial charge on any atom is 0.329 e. The zero-order valence-electron chi connectivity index (χ0n) is 17.2. The Balaban J connectivity index is 1.75. The highest BCUT2D eigenvalue weighted by atomic mass is 35.5. The van der Waals surface area contributed by atoms with E-state index in [1.165, 1.54) is 0 Å². The van der Waals surface area contributed by atoms with Crippen molar-refractivity contribution in [1.82, 2.24) is 10.6 Å². The Morgan fingerprint density at radius 2 is 1.67 bits per heavy atom. The first kappa shape index (κ1) is 23.4. The predicted octanol–water partition coefficient (Wildman–Crippen LogP) is 2.93. The number of carbonyl (C=O) groups is 3. The van der Waals surface area contributed by atoms with Gasteiger partial charge >= 0.3 is 5.97 Å². The number of rotatable bonds is 10. The maximum absolute atomic E-state index is 12.4. The Morgan fingerprint density at radius 1 is 0.967 bits per heavy atom. The van der Waals surface area contributed by atoms with Crippen molar-refractivity contribution in [2.45, 2.75) is 32.7 Å². The van der Waals surface area contributed by atoms with Crippen LogP contribution in [0.5, 0.6) is 0 Å². The van der Waals surface area contributed by atoms with Crippen molar-refractivity contribution in [2.75, 3.05) is 13.2 Å². The van der Waals surface area contributed by atoms with Gasteiger partial charge in [0, 0.05) is 11.6 Å². The van der Waals surface area contributed by atoms with Crippen LogP contribution in [0.1, 0.15) is 25.0 Å². The summed E-state index contributed by atoms with van der Waals surface area (Å²) < 4.78 is 5.11. The van der Waals surface area contributed by atoms with Crippen LogP contribution in [-0.2, 0) is 32.0 Å². The number of nitrogens with one attached hydrogen (secondary N) is 2. The molecular formula is C23H27ClN2O4. The van der Waals surface area contributed by atoms with E-state index in [9.17, 15) is 14.4 Å². The zero-order chi connectivity index (χ0) is 21.9. The second-order valence-corrected chi connectivity index (χ2v) is 7.73. The average Bonchev–Trinajstić information content (AvgIpc) is 2.71. The lowest BCUT2D eigenvalue weighted by molar-refractivity contribution is -0.152. The lowest BCUT2D eigenvalue weighted by atomic mass is 10.0. The third kappa shape index (κ3) is 8.25. The monoisotopic (exact) mass is 430 g/mol. The molecule has 0 aliphatic heterocycles. The Hall–Kier alpha value is -2.86. The van der Waals surface area contributed by atoms with E-state index in [1.807, 2.05) is 48.5 Å². The minimum atomic E-state index is -0.819. The number of halogens is 1. The van der Waals surface area contributed by atoms with Crippen LogP contribution in [0.2, 0.25) is 5.02 Å². The van der Waals surface area contributed by atoms with Crippen molar-refractivity contribution in [3.05, 3.63) is 70.7 Å². The number of hydrogen-bond acceptors (Lipinski definition) is 4. The highest BCUT2D eigenvalue weighted by Crippen LogP contribution is 2.10. The van der Waals surface area contributed by atoms with Crippen molar-refractivity contribution >= 4 is 29.4 Å². The van der Waals surface area contributed by atoms with Gasteiger partial charge in [0.1, 0.15) is 6.04 Å². The van der Waals surface area contributed by atoms with Gasteiger partial charge in [-0.1, -0.05) is 67.9 Å². The Morgan fingerprint density at radius 3 is 2.33 bits per heavy atom. The number of esters is 1. The van der Waals surface area contributed by atoms with Gasteiger partial charge in [-0.3, -0.25) is 9.59 Å². The topological polar surface area (TPSA) is 84.5 Å². The van der Waals surface area contributed by atoms with Crippen LogP contribution >= 0.6 is 11.6 Å². The van der Waals surface area contributed by atoms with E-state index >= 15 is 0 Å². The first-order valence-electron chi connectivity index (χ1n) is 9.86. The summed E-state index contributed by atoms with van der Waals surface area (Å²) in [5.41, 5.74) is 1.85. The van der Waals surface area contributed by atoms with Gasteiger partial charge in [0.05, 0.1) is 6.42 Å². The summed E-state index contributed by atoms with van der Waals surface area (Å²) in [5.74, 6) is -1.48. The second-order valence-electron chi connectivity index (χ2n) is 7.29. The first-order chi connectivity index (χ1) is 14.3. The molecular weight excluding hydrogens is 404 g/mol. The van der Waals surface area contributed by atoms with Gasteiger partial charge in [0.25, 0.3) is 5.91 Å². The fraction of sp³-hybridized carbons (Fsp3) is 0.348. The first-order valence-corrected chi connectivity index (χ1v) is 10.2. The van der Waals surface area contributed by atoms with Crippen molar-refractivity contribution in [3.63, 3.8) is 0 Å². The molecule has 1 atom stereocenters. The van der Waals surface area contributed by atoms with Crippen molar-refractivity contribution in [3.8, 4) is 0 Å². The second kappa shape index (κ2) is 12.0. The van der Waals surface area contributed by atoms with E-state index in [0.717, 1.165) is 11.1 Å². The maximum atomic E-state index is 12.4. The highest BCUT2D eigenvalue weighted by molar-refractivity contribution is 6.30. The Bertz CT molecular complexity index is 855. The van der Waals surface area contributed by atoms with E-state index < -0.39 is 24.5 Å². The lowest BCUT2D eigenvalue weighted by Crippen LogP contribution is -2.46. The van der Waals surface area contributed by atoms with Gasteiger partial charge in [-0.05, 0) is 35.6 Å². The molecule has 7 heteroatoms. The van der Waals surface area contributed by atoms with Crippen LogP contribution in [0.25, 0.3) is 0 Å². The molecule has 0 saturated carbocycles. The van der Waals surface area contributed by atoms with Gasteiger partial charge in [0.15, 0.2) is 6.61 Å². The molecule has 30 heavy (non-hydrogen) atoms. The summed E-state index contributed by atoms with van der Waals surface area (Å²) in [6.45, 7) is 3.61. The quantitative estimate of drug-likeness (QED) is 0.567. The number of ether oxygens (including phenoxy) is 1. The van der Waals surface area contributed by atoms with E-state index in [4.69, 9.17) is 16.3 Å². The van der Waals surface area contributed by atoms with E-state index in [-0.39, 0.29) is 18.2 Å². The van der Waals surface area contributed by atoms with Crippen LogP contribution in [0.3, 0.4) is 0 Å². The summed E-state index contributed by atoms with van der Waals surface area (Å²) in [6.07, 6.45) is 0.783. The summed E-state index contributed by atoms with van der Waals surface area (Å²) in [6, 6.07) is 15.8. The van der Waals surface area contributed by atoms with E-state index in [0.29, 0.717) is 18.0 Å². The van der Waals surface area contributed by atoms with Crippen molar-refractivity contribution in [2.24, 2.45) is 5.92 Å². The minimum absolute atomic E-state index is 0.168. The molecule has 0 saturated heterocycles. The van der Waals surface area contributed by atoms with Gasteiger partial charge < -0.3 is 15.4 Å². The molecule has 0 heterocycles. The van der Waals surface area contributed by atoms with Crippen LogP contribution in [-0.4, -0.2) is 37.0 Å².